The number of benzene rings is 1. The van der Waals surface area contributed by atoms with Gasteiger partial charge in [0.15, 0.2) is 0 Å². The van der Waals surface area contributed by atoms with E-state index in [2.05, 4.69) is 43.4 Å². The molecule has 1 heterocycles. The highest BCUT2D eigenvalue weighted by Crippen LogP contribution is 2.41. The molecule has 1 aromatic heterocycles. The predicted molar refractivity (Wildman–Crippen MR) is 79.6 cm³/mol. The second-order valence-electron chi connectivity index (χ2n) is 5.75. The molecule has 0 spiro atoms. The van der Waals surface area contributed by atoms with Crippen LogP contribution >= 0.6 is 0 Å². The van der Waals surface area contributed by atoms with Crippen molar-refractivity contribution in [2.24, 2.45) is 5.92 Å². The molecule has 1 N–H and O–H groups in total. The van der Waals surface area contributed by atoms with Crippen LogP contribution in [0.1, 0.15) is 43.4 Å². The average Bonchev–Trinajstić information content (AvgIpc) is 3.02. The van der Waals surface area contributed by atoms with E-state index in [0.717, 1.165) is 24.6 Å². The van der Waals surface area contributed by atoms with Gasteiger partial charge >= 0.3 is 0 Å². The molecule has 1 fully saturated rings. The maximum atomic E-state index is 6.17. The number of para-hydroxylation sites is 1. The summed E-state index contributed by atoms with van der Waals surface area (Å²) in [6, 6.07) is 8.66. The SMILES string of the molecule is CCNCC1CCCC1c1cc2cccc(C)c2o1. The third-order valence-corrected chi connectivity index (χ3v) is 4.44. The molecule has 2 unspecified atom stereocenters. The largest absolute Gasteiger partial charge is 0.460 e. The molecular weight excluding hydrogens is 234 g/mol. The van der Waals surface area contributed by atoms with Crippen molar-refractivity contribution in [2.45, 2.75) is 39.0 Å². The third-order valence-electron chi connectivity index (χ3n) is 4.44. The van der Waals surface area contributed by atoms with Gasteiger partial charge in [-0.25, -0.2) is 0 Å². The van der Waals surface area contributed by atoms with Crippen LogP contribution in [0.25, 0.3) is 11.0 Å². The lowest BCUT2D eigenvalue weighted by atomic mass is 9.93. The average molecular weight is 257 g/mol. The monoisotopic (exact) mass is 257 g/mol. The van der Waals surface area contributed by atoms with Gasteiger partial charge in [0.1, 0.15) is 11.3 Å². The minimum absolute atomic E-state index is 0.603. The van der Waals surface area contributed by atoms with E-state index < -0.39 is 0 Å². The normalized spacial score (nSPS) is 23.3. The molecule has 0 saturated heterocycles. The van der Waals surface area contributed by atoms with Gasteiger partial charge in [-0.2, -0.15) is 0 Å². The quantitative estimate of drug-likeness (QED) is 0.886. The van der Waals surface area contributed by atoms with E-state index in [-0.39, 0.29) is 0 Å². The van der Waals surface area contributed by atoms with E-state index in [9.17, 15) is 0 Å². The van der Waals surface area contributed by atoms with Gasteiger partial charge in [-0.15, -0.1) is 0 Å². The van der Waals surface area contributed by atoms with Crippen molar-refractivity contribution in [1.29, 1.82) is 0 Å². The van der Waals surface area contributed by atoms with Crippen molar-refractivity contribution < 1.29 is 4.42 Å². The Balaban J connectivity index is 1.88. The molecule has 0 bridgehead atoms. The molecule has 1 saturated carbocycles. The van der Waals surface area contributed by atoms with Gasteiger partial charge in [-0.05, 0) is 50.4 Å². The summed E-state index contributed by atoms with van der Waals surface area (Å²) in [6.45, 7) is 6.48. The number of aryl methyl sites for hydroxylation is 1. The highest BCUT2D eigenvalue weighted by atomic mass is 16.3. The minimum Gasteiger partial charge on any atom is -0.460 e. The van der Waals surface area contributed by atoms with E-state index in [1.807, 2.05) is 0 Å². The first-order valence-electron chi connectivity index (χ1n) is 7.49. The smallest absolute Gasteiger partial charge is 0.137 e. The van der Waals surface area contributed by atoms with Gasteiger partial charge in [0, 0.05) is 11.3 Å². The van der Waals surface area contributed by atoms with Crippen LogP contribution in [0, 0.1) is 12.8 Å². The van der Waals surface area contributed by atoms with Crippen molar-refractivity contribution in [3.63, 3.8) is 0 Å². The molecule has 2 nitrogen and oxygen atoms in total. The predicted octanol–water partition coefficient (Wildman–Crippen LogP) is 4.23. The first-order valence-corrected chi connectivity index (χ1v) is 7.49. The Hall–Kier alpha value is -1.28. The lowest BCUT2D eigenvalue weighted by Gasteiger charge is -2.17. The van der Waals surface area contributed by atoms with Crippen LogP contribution < -0.4 is 5.32 Å². The molecule has 0 aliphatic heterocycles. The van der Waals surface area contributed by atoms with Gasteiger partial charge in [-0.1, -0.05) is 31.5 Å². The highest BCUT2D eigenvalue weighted by molar-refractivity contribution is 5.81. The Bertz CT molecular complexity index is 557. The van der Waals surface area contributed by atoms with Gasteiger partial charge in [0.05, 0.1) is 0 Å². The first kappa shape index (κ1) is 12.7. The van der Waals surface area contributed by atoms with Crippen molar-refractivity contribution in [2.75, 3.05) is 13.1 Å². The Morgan fingerprint density at radius 1 is 1.32 bits per heavy atom. The van der Waals surface area contributed by atoms with Crippen LogP contribution in [0.15, 0.2) is 28.7 Å². The number of rotatable bonds is 4. The maximum absolute atomic E-state index is 6.17. The van der Waals surface area contributed by atoms with E-state index in [1.165, 1.54) is 36.0 Å². The molecule has 1 aliphatic rings. The van der Waals surface area contributed by atoms with Gasteiger partial charge in [0.2, 0.25) is 0 Å². The fourth-order valence-electron chi connectivity index (χ4n) is 3.40. The molecule has 2 aromatic rings. The van der Waals surface area contributed by atoms with E-state index in [1.54, 1.807) is 0 Å². The number of nitrogens with one attached hydrogen (secondary N) is 1. The van der Waals surface area contributed by atoms with Crippen LogP contribution in [-0.2, 0) is 0 Å². The lowest BCUT2D eigenvalue weighted by molar-refractivity contribution is 0.393. The maximum Gasteiger partial charge on any atom is 0.137 e. The van der Waals surface area contributed by atoms with Crippen molar-refractivity contribution in [1.82, 2.24) is 5.32 Å². The molecule has 0 radical (unpaired) electrons. The summed E-state index contributed by atoms with van der Waals surface area (Å²) in [7, 11) is 0. The zero-order chi connectivity index (χ0) is 13.2. The Morgan fingerprint density at radius 2 is 2.21 bits per heavy atom. The zero-order valence-corrected chi connectivity index (χ0v) is 11.9. The molecule has 19 heavy (non-hydrogen) atoms. The number of hydrogen-bond acceptors (Lipinski definition) is 2. The van der Waals surface area contributed by atoms with Crippen molar-refractivity contribution >= 4 is 11.0 Å². The molecule has 2 atom stereocenters. The topological polar surface area (TPSA) is 25.2 Å². The van der Waals surface area contributed by atoms with Crippen LogP contribution in [0.4, 0.5) is 0 Å². The van der Waals surface area contributed by atoms with Crippen LogP contribution in [0.3, 0.4) is 0 Å². The van der Waals surface area contributed by atoms with Crippen molar-refractivity contribution in [3.8, 4) is 0 Å². The number of fused-ring (bicyclic) bond motifs is 1. The molecule has 1 aliphatic carbocycles. The second-order valence-corrected chi connectivity index (χ2v) is 5.75. The Morgan fingerprint density at radius 3 is 3.00 bits per heavy atom. The zero-order valence-electron chi connectivity index (χ0n) is 11.9. The summed E-state index contributed by atoms with van der Waals surface area (Å²) >= 11 is 0. The fourth-order valence-corrected chi connectivity index (χ4v) is 3.40. The van der Waals surface area contributed by atoms with Gasteiger partial charge in [-0.3, -0.25) is 0 Å². The van der Waals surface area contributed by atoms with Gasteiger partial charge < -0.3 is 9.73 Å². The highest BCUT2D eigenvalue weighted by Gasteiger charge is 2.30. The van der Waals surface area contributed by atoms with E-state index in [0.29, 0.717) is 5.92 Å². The third kappa shape index (κ3) is 2.42. The standard InChI is InChI=1S/C17H23NO/c1-3-18-11-14-8-5-9-15(14)16-10-13-7-4-6-12(2)17(13)19-16/h4,6-7,10,14-15,18H,3,5,8-9,11H2,1-2H3. The summed E-state index contributed by atoms with van der Waals surface area (Å²) in [5.41, 5.74) is 2.32. The van der Waals surface area contributed by atoms with Gasteiger partial charge in [0.25, 0.3) is 0 Å². The van der Waals surface area contributed by atoms with Crippen LogP contribution in [0.5, 0.6) is 0 Å². The molecule has 1 aromatic carbocycles. The molecule has 0 amide bonds. The molecule has 102 valence electrons. The summed E-state index contributed by atoms with van der Waals surface area (Å²) in [5, 5.41) is 4.75. The summed E-state index contributed by atoms with van der Waals surface area (Å²) in [6.07, 6.45) is 3.93. The number of furan rings is 1. The summed E-state index contributed by atoms with van der Waals surface area (Å²) in [5.74, 6) is 2.54. The molecule has 3 rings (SSSR count). The molecular formula is C17H23NO. The van der Waals surface area contributed by atoms with E-state index >= 15 is 0 Å². The van der Waals surface area contributed by atoms with Crippen LogP contribution in [-0.4, -0.2) is 13.1 Å². The second kappa shape index (κ2) is 5.38. The Kier molecular flexibility index (Phi) is 3.61. The fraction of sp³-hybridized carbons (Fsp3) is 0.529. The number of hydrogen-bond donors (Lipinski definition) is 1. The first-order chi connectivity index (χ1) is 9.29. The van der Waals surface area contributed by atoms with Crippen molar-refractivity contribution in [3.05, 3.63) is 35.6 Å². The minimum atomic E-state index is 0.603. The summed E-state index contributed by atoms with van der Waals surface area (Å²) < 4.78 is 6.17. The van der Waals surface area contributed by atoms with Crippen LogP contribution in [0.2, 0.25) is 0 Å². The Labute approximate surface area is 115 Å². The molecule has 2 heteroatoms. The summed E-state index contributed by atoms with van der Waals surface area (Å²) in [4.78, 5) is 0. The lowest BCUT2D eigenvalue weighted by Crippen LogP contribution is -2.24. The van der Waals surface area contributed by atoms with E-state index in [4.69, 9.17) is 4.42 Å².